The molecule has 7 nitrogen and oxygen atoms in total. The van der Waals surface area contributed by atoms with Crippen molar-refractivity contribution in [3.63, 3.8) is 0 Å². The van der Waals surface area contributed by atoms with E-state index >= 15 is 0 Å². The minimum absolute atomic E-state index is 0.0197. The van der Waals surface area contributed by atoms with Crippen LogP contribution in [0.4, 0.5) is 0 Å². The number of carbonyl (C=O) groups is 1. The Hall–Kier alpha value is -3.06. The van der Waals surface area contributed by atoms with Crippen molar-refractivity contribution in [1.82, 2.24) is 30.0 Å². The van der Waals surface area contributed by atoms with Crippen molar-refractivity contribution < 1.29 is 4.79 Å². The molecule has 1 aliphatic heterocycles. The molecule has 7 heteroatoms. The minimum Gasteiger partial charge on any atom is -0.349 e. The molecule has 3 aromatic rings. The van der Waals surface area contributed by atoms with Gasteiger partial charge in [-0.25, -0.2) is 0 Å². The van der Waals surface area contributed by atoms with Gasteiger partial charge in [-0.2, -0.15) is 0 Å². The maximum atomic E-state index is 12.3. The highest BCUT2D eigenvalue weighted by atomic mass is 16.1. The summed E-state index contributed by atoms with van der Waals surface area (Å²) in [7, 11) is 0. The van der Waals surface area contributed by atoms with Crippen molar-refractivity contribution in [3.8, 4) is 0 Å². The summed E-state index contributed by atoms with van der Waals surface area (Å²) >= 11 is 0. The van der Waals surface area contributed by atoms with E-state index in [2.05, 4.69) is 68.1 Å². The lowest BCUT2D eigenvalue weighted by Crippen LogP contribution is -2.28. The number of benzene rings is 1. The van der Waals surface area contributed by atoms with Gasteiger partial charge in [0.05, 0.1) is 6.54 Å². The molecule has 0 atom stereocenters. The average molecular weight is 433 g/mol. The smallest absolute Gasteiger partial charge is 0.220 e. The first-order valence-corrected chi connectivity index (χ1v) is 11.5. The van der Waals surface area contributed by atoms with Gasteiger partial charge in [-0.1, -0.05) is 44.2 Å². The van der Waals surface area contributed by atoms with Crippen LogP contribution in [0, 0.1) is 0 Å². The van der Waals surface area contributed by atoms with Gasteiger partial charge in [-0.15, -0.1) is 10.2 Å². The lowest BCUT2D eigenvalue weighted by Gasteiger charge is -2.20. The maximum Gasteiger partial charge on any atom is 0.220 e. The second kappa shape index (κ2) is 10.5. The van der Waals surface area contributed by atoms with Crippen molar-refractivity contribution in [2.45, 2.75) is 58.7 Å². The summed E-state index contributed by atoms with van der Waals surface area (Å²) in [5.41, 5.74) is 3.79. The van der Waals surface area contributed by atoms with E-state index in [0.29, 0.717) is 25.3 Å². The first kappa shape index (κ1) is 22.1. The number of nitrogens with one attached hydrogen (secondary N) is 1. The lowest BCUT2D eigenvalue weighted by atomic mass is 10.0. The van der Waals surface area contributed by atoms with Crippen LogP contribution in [0.3, 0.4) is 0 Å². The van der Waals surface area contributed by atoms with Crippen LogP contribution >= 0.6 is 0 Å². The van der Waals surface area contributed by atoms with Crippen LogP contribution in [-0.4, -0.2) is 43.6 Å². The van der Waals surface area contributed by atoms with Crippen LogP contribution in [0.15, 0.2) is 48.8 Å². The number of rotatable bonds is 8. The first-order valence-electron chi connectivity index (χ1n) is 11.5. The molecule has 0 aliphatic carbocycles. The Morgan fingerprint density at radius 1 is 1.06 bits per heavy atom. The molecule has 0 radical (unpaired) electrons. The van der Waals surface area contributed by atoms with Crippen LogP contribution in [0.25, 0.3) is 0 Å². The van der Waals surface area contributed by atoms with Gasteiger partial charge in [0.1, 0.15) is 5.82 Å². The summed E-state index contributed by atoms with van der Waals surface area (Å²) < 4.78 is 2.17. The molecule has 0 saturated carbocycles. The van der Waals surface area contributed by atoms with E-state index in [1.54, 1.807) is 12.4 Å². The van der Waals surface area contributed by atoms with Crippen molar-refractivity contribution in [3.05, 3.63) is 77.1 Å². The number of hydrogen-bond acceptors (Lipinski definition) is 5. The molecule has 1 aliphatic rings. The minimum atomic E-state index is 0.0197. The van der Waals surface area contributed by atoms with Crippen molar-refractivity contribution in [1.29, 1.82) is 0 Å². The van der Waals surface area contributed by atoms with Crippen molar-refractivity contribution in [2.24, 2.45) is 0 Å². The molecule has 1 N–H and O–H groups in total. The number of amides is 1. The highest BCUT2D eigenvalue weighted by molar-refractivity contribution is 5.76. The SMILES string of the molecule is CC(C)c1ccc(CN2CCc3nnc(CNC(=O)CCc4cccnc4)n3CC2)cc1. The molecule has 4 rings (SSSR count). The maximum absolute atomic E-state index is 12.3. The Morgan fingerprint density at radius 2 is 1.91 bits per heavy atom. The van der Waals surface area contributed by atoms with E-state index < -0.39 is 0 Å². The number of aryl methyl sites for hydroxylation is 1. The van der Waals surface area contributed by atoms with Gasteiger partial charge in [-0.3, -0.25) is 14.7 Å². The molecule has 0 unspecified atom stereocenters. The molecule has 1 amide bonds. The second-order valence-electron chi connectivity index (χ2n) is 8.74. The summed E-state index contributed by atoms with van der Waals surface area (Å²) in [6, 6.07) is 12.8. The fourth-order valence-corrected chi connectivity index (χ4v) is 4.05. The molecule has 0 spiro atoms. The van der Waals surface area contributed by atoms with Crippen LogP contribution in [0.5, 0.6) is 0 Å². The predicted molar refractivity (Wildman–Crippen MR) is 124 cm³/mol. The lowest BCUT2D eigenvalue weighted by molar-refractivity contribution is -0.121. The quantitative estimate of drug-likeness (QED) is 0.592. The van der Waals surface area contributed by atoms with Crippen LogP contribution in [0.2, 0.25) is 0 Å². The summed E-state index contributed by atoms with van der Waals surface area (Å²) in [5.74, 6) is 2.41. The molecular formula is C25H32N6O. The molecular weight excluding hydrogens is 400 g/mol. The van der Waals surface area contributed by atoms with Gasteiger partial charge in [-0.05, 0) is 35.1 Å². The van der Waals surface area contributed by atoms with Crippen LogP contribution in [0.1, 0.15) is 54.5 Å². The number of fused-ring (bicyclic) bond motifs is 1. The van der Waals surface area contributed by atoms with E-state index in [-0.39, 0.29) is 5.91 Å². The molecule has 1 aromatic carbocycles. The third kappa shape index (κ3) is 5.79. The third-order valence-electron chi connectivity index (χ3n) is 6.06. The number of carbonyl (C=O) groups excluding carboxylic acids is 1. The molecule has 168 valence electrons. The Morgan fingerprint density at radius 3 is 2.66 bits per heavy atom. The Balaban J connectivity index is 1.27. The fourth-order valence-electron chi connectivity index (χ4n) is 4.05. The van der Waals surface area contributed by atoms with Gasteiger partial charge in [0.15, 0.2) is 5.82 Å². The first-order chi connectivity index (χ1) is 15.6. The zero-order chi connectivity index (χ0) is 22.3. The molecule has 0 saturated heterocycles. The summed E-state index contributed by atoms with van der Waals surface area (Å²) in [4.78, 5) is 18.8. The van der Waals surface area contributed by atoms with Gasteiger partial charge in [0, 0.05) is 51.4 Å². The molecule has 3 heterocycles. The van der Waals surface area contributed by atoms with Gasteiger partial charge in [0.2, 0.25) is 5.91 Å². The van der Waals surface area contributed by atoms with Gasteiger partial charge >= 0.3 is 0 Å². The summed E-state index contributed by atoms with van der Waals surface area (Å²) in [6.45, 7) is 8.54. The number of aromatic nitrogens is 4. The van der Waals surface area contributed by atoms with Gasteiger partial charge in [0.25, 0.3) is 0 Å². The molecule has 0 bridgehead atoms. The number of nitrogens with zero attached hydrogens (tertiary/aromatic N) is 5. The number of pyridine rings is 1. The second-order valence-corrected chi connectivity index (χ2v) is 8.74. The van der Waals surface area contributed by atoms with Gasteiger partial charge < -0.3 is 9.88 Å². The highest BCUT2D eigenvalue weighted by Gasteiger charge is 2.19. The molecule has 32 heavy (non-hydrogen) atoms. The monoisotopic (exact) mass is 432 g/mol. The van der Waals surface area contributed by atoms with E-state index in [1.165, 1.54) is 11.1 Å². The Bertz CT molecular complexity index is 1010. The van der Waals surface area contributed by atoms with E-state index in [0.717, 1.165) is 49.8 Å². The Kier molecular flexibility index (Phi) is 7.27. The molecule has 0 fully saturated rings. The highest BCUT2D eigenvalue weighted by Crippen LogP contribution is 2.17. The normalized spacial score (nSPS) is 14.2. The largest absolute Gasteiger partial charge is 0.349 e. The molecule has 2 aromatic heterocycles. The summed E-state index contributed by atoms with van der Waals surface area (Å²) in [5, 5.41) is 11.7. The number of hydrogen-bond donors (Lipinski definition) is 1. The topological polar surface area (TPSA) is 75.9 Å². The van der Waals surface area contributed by atoms with Crippen molar-refractivity contribution >= 4 is 5.91 Å². The van der Waals surface area contributed by atoms with E-state index in [1.807, 2.05) is 12.1 Å². The van der Waals surface area contributed by atoms with Crippen LogP contribution in [-0.2, 0) is 37.3 Å². The Labute approximate surface area is 189 Å². The third-order valence-corrected chi connectivity index (χ3v) is 6.06. The average Bonchev–Trinajstić information content (AvgIpc) is 3.09. The van der Waals surface area contributed by atoms with E-state index in [4.69, 9.17) is 0 Å². The zero-order valence-corrected chi connectivity index (χ0v) is 19.0. The van der Waals surface area contributed by atoms with Crippen LogP contribution < -0.4 is 5.32 Å². The summed E-state index contributed by atoms with van der Waals surface area (Å²) in [6.07, 6.45) is 5.53. The standard InChI is InChI=1S/C25H32N6O/c1-19(2)22-8-5-21(6-9-22)18-30-13-11-23-28-29-24(31(23)15-14-30)17-27-25(32)10-7-20-4-3-12-26-16-20/h3-6,8-9,12,16,19H,7,10-11,13-15,17-18H2,1-2H3,(H,27,32). The fraction of sp³-hybridized carbons (Fsp3) is 0.440. The van der Waals surface area contributed by atoms with Crippen molar-refractivity contribution in [2.75, 3.05) is 13.1 Å². The van der Waals surface area contributed by atoms with E-state index in [9.17, 15) is 4.79 Å². The predicted octanol–water partition coefficient (Wildman–Crippen LogP) is 3.10. The zero-order valence-electron chi connectivity index (χ0n) is 19.0.